The molecule has 28 heavy (non-hydrogen) atoms. The molecule has 2 N–H and O–H groups in total. The zero-order chi connectivity index (χ0) is 19.3. The van der Waals surface area contributed by atoms with E-state index >= 15 is 0 Å². The summed E-state index contributed by atoms with van der Waals surface area (Å²) in [5.41, 5.74) is 3.13. The number of aromatic amines is 1. The summed E-state index contributed by atoms with van der Waals surface area (Å²) < 4.78 is 5.39. The Balaban J connectivity index is 1.40. The van der Waals surface area contributed by atoms with Gasteiger partial charge in [-0.25, -0.2) is 0 Å². The van der Waals surface area contributed by atoms with E-state index in [-0.39, 0.29) is 17.9 Å². The number of anilines is 2. The second kappa shape index (κ2) is 8.27. The molecule has 1 amide bonds. The molecule has 1 saturated heterocycles. The molecular formula is C22H23N3O3. The van der Waals surface area contributed by atoms with Crippen LogP contribution in [0.15, 0.2) is 59.4 Å². The molecule has 2 heterocycles. The minimum atomic E-state index is -0.138. The van der Waals surface area contributed by atoms with Crippen molar-refractivity contribution in [2.45, 2.75) is 12.8 Å². The zero-order valence-corrected chi connectivity index (χ0v) is 15.6. The number of pyridine rings is 1. The van der Waals surface area contributed by atoms with Crippen molar-refractivity contribution in [3.05, 3.63) is 70.5 Å². The van der Waals surface area contributed by atoms with Crippen molar-refractivity contribution in [2.24, 2.45) is 0 Å². The third-order valence-corrected chi connectivity index (χ3v) is 4.96. The van der Waals surface area contributed by atoms with E-state index < -0.39 is 0 Å². The number of benzene rings is 2. The van der Waals surface area contributed by atoms with Gasteiger partial charge in [0, 0.05) is 42.0 Å². The van der Waals surface area contributed by atoms with Crippen LogP contribution in [-0.2, 0) is 16.0 Å². The highest BCUT2D eigenvalue weighted by atomic mass is 16.5. The molecule has 1 fully saturated rings. The van der Waals surface area contributed by atoms with E-state index in [1.165, 1.54) is 0 Å². The minimum absolute atomic E-state index is 0.105. The van der Waals surface area contributed by atoms with Crippen molar-refractivity contribution >= 4 is 28.2 Å². The first kappa shape index (κ1) is 18.3. The number of aryl methyl sites for hydroxylation is 1. The van der Waals surface area contributed by atoms with Gasteiger partial charge in [-0.15, -0.1) is 0 Å². The Morgan fingerprint density at radius 3 is 2.75 bits per heavy atom. The number of carbonyl (C=O) groups excluding carboxylic acids is 1. The minimum Gasteiger partial charge on any atom is -0.378 e. The molecule has 3 aromatic rings. The predicted molar refractivity (Wildman–Crippen MR) is 111 cm³/mol. The Bertz CT molecular complexity index is 1040. The number of amides is 1. The summed E-state index contributed by atoms with van der Waals surface area (Å²) in [5, 5.41) is 3.91. The molecule has 1 aliphatic rings. The van der Waals surface area contributed by atoms with Gasteiger partial charge in [-0.1, -0.05) is 24.3 Å². The summed E-state index contributed by atoms with van der Waals surface area (Å²) in [6, 6.07) is 17.3. The maximum atomic E-state index is 12.4. The molecule has 0 unspecified atom stereocenters. The zero-order valence-electron chi connectivity index (χ0n) is 15.6. The van der Waals surface area contributed by atoms with E-state index in [4.69, 9.17) is 4.74 Å². The number of ether oxygens (including phenoxy) is 1. The fourth-order valence-corrected chi connectivity index (χ4v) is 3.45. The van der Waals surface area contributed by atoms with E-state index in [0.29, 0.717) is 12.0 Å². The van der Waals surface area contributed by atoms with Gasteiger partial charge in [-0.05, 0) is 42.1 Å². The highest BCUT2D eigenvalue weighted by molar-refractivity contribution is 5.91. The largest absolute Gasteiger partial charge is 0.378 e. The Morgan fingerprint density at radius 1 is 1.07 bits per heavy atom. The molecule has 0 spiro atoms. The molecule has 0 bridgehead atoms. The summed E-state index contributed by atoms with van der Waals surface area (Å²) in [7, 11) is 0. The average Bonchev–Trinajstić information content (AvgIpc) is 2.73. The first-order valence-corrected chi connectivity index (χ1v) is 9.52. The van der Waals surface area contributed by atoms with Crippen molar-refractivity contribution in [1.29, 1.82) is 0 Å². The van der Waals surface area contributed by atoms with Gasteiger partial charge in [0.2, 0.25) is 5.91 Å². The van der Waals surface area contributed by atoms with Crippen molar-refractivity contribution < 1.29 is 9.53 Å². The third kappa shape index (κ3) is 4.23. The Morgan fingerprint density at radius 2 is 1.89 bits per heavy atom. The third-order valence-electron chi connectivity index (χ3n) is 4.96. The molecule has 6 nitrogen and oxygen atoms in total. The molecule has 1 aromatic heterocycles. The molecule has 2 aromatic carbocycles. The maximum absolute atomic E-state index is 12.4. The maximum Gasteiger partial charge on any atom is 0.251 e. The number of hydrogen-bond donors (Lipinski definition) is 2. The van der Waals surface area contributed by atoms with Crippen LogP contribution in [0.25, 0.3) is 10.9 Å². The summed E-state index contributed by atoms with van der Waals surface area (Å²) in [6.45, 7) is 3.14. The van der Waals surface area contributed by atoms with E-state index in [1.54, 1.807) is 0 Å². The number of fused-ring (bicyclic) bond motifs is 1. The lowest BCUT2D eigenvalue weighted by molar-refractivity contribution is -0.116. The summed E-state index contributed by atoms with van der Waals surface area (Å²) in [5.74, 6) is -0.105. The molecule has 4 rings (SSSR count). The van der Waals surface area contributed by atoms with Crippen LogP contribution >= 0.6 is 0 Å². The quantitative estimate of drug-likeness (QED) is 0.717. The van der Waals surface area contributed by atoms with Gasteiger partial charge in [-0.3, -0.25) is 9.59 Å². The van der Waals surface area contributed by atoms with Crippen LogP contribution in [0.3, 0.4) is 0 Å². The number of nitrogens with zero attached hydrogens (tertiary/aromatic N) is 1. The molecule has 0 aliphatic carbocycles. The summed E-state index contributed by atoms with van der Waals surface area (Å²) in [6.07, 6.45) is 0.651. The summed E-state index contributed by atoms with van der Waals surface area (Å²) in [4.78, 5) is 29.7. The fraction of sp³-hybridized carbons (Fsp3) is 0.273. The SMILES string of the molecule is O=C(CCc1cc2ccccc2[nH]c1=O)Nc1cccc(N2CCOCC2)c1. The Hall–Kier alpha value is -3.12. The van der Waals surface area contributed by atoms with Crippen LogP contribution in [0, 0.1) is 0 Å². The van der Waals surface area contributed by atoms with Gasteiger partial charge in [0.1, 0.15) is 0 Å². The second-order valence-corrected chi connectivity index (χ2v) is 6.91. The van der Waals surface area contributed by atoms with Crippen molar-refractivity contribution in [3.63, 3.8) is 0 Å². The first-order chi connectivity index (χ1) is 13.7. The topological polar surface area (TPSA) is 74.4 Å². The molecule has 0 saturated carbocycles. The van der Waals surface area contributed by atoms with Crippen LogP contribution in [-0.4, -0.2) is 37.2 Å². The van der Waals surface area contributed by atoms with Crippen molar-refractivity contribution in [2.75, 3.05) is 36.5 Å². The highest BCUT2D eigenvalue weighted by Gasteiger charge is 2.12. The first-order valence-electron chi connectivity index (χ1n) is 9.52. The lowest BCUT2D eigenvalue weighted by atomic mass is 10.1. The average molecular weight is 377 g/mol. The second-order valence-electron chi connectivity index (χ2n) is 6.91. The van der Waals surface area contributed by atoms with Gasteiger partial charge in [0.25, 0.3) is 5.56 Å². The molecule has 1 aliphatic heterocycles. The van der Waals surface area contributed by atoms with E-state index in [9.17, 15) is 9.59 Å². The van der Waals surface area contributed by atoms with E-state index in [2.05, 4.69) is 15.2 Å². The van der Waals surface area contributed by atoms with Crippen molar-refractivity contribution in [1.82, 2.24) is 4.98 Å². The van der Waals surface area contributed by atoms with E-state index in [1.807, 2.05) is 54.6 Å². The molecule has 6 heteroatoms. The number of morpholine rings is 1. The summed E-state index contributed by atoms with van der Waals surface area (Å²) >= 11 is 0. The molecule has 144 valence electrons. The Kier molecular flexibility index (Phi) is 5.39. The van der Waals surface area contributed by atoms with Crippen LogP contribution < -0.4 is 15.8 Å². The van der Waals surface area contributed by atoms with Gasteiger partial charge < -0.3 is 19.9 Å². The molecular weight excluding hydrogens is 354 g/mol. The predicted octanol–water partition coefficient (Wildman–Crippen LogP) is 2.94. The standard InChI is InChI=1S/C22H23N3O3/c26-21(9-8-17-14-16-4-1-2-7-20(16)24-22(17)27)23-18-5-3-6-19(15-18)25-10-12-28-13-11-25/h1-7,14-15H,8-13H2,(H,23,26)(H,24,27). The molecule has 0 radical (unpaired) electrons. The lowest BCUT2D eigenvalue weighted by Crippen LogP contribution is -2.36. The van der Waals surface area contributed by atoms with Gasteiger partial charge >= 0.3 is 0 Å². The smallest absolute Gasteiger partial charge is 0.251 e. The number of nitrogens with one attached hydrogen (secondary N) is 2. The monoisotopic (exact) mass is 377 g/mol. The van der Waals surface area contributed by atoms with Crippen LogP contribution in [0.1, 0.15) is 12.0 Å². The number of aromatic nitrogens is 1. The number of H-pyrrole nitrogens is 1. The van der Waals surface area contributed by atoms with Gasteiger partial charge in [0.05, 0.1) is 13.2 Å². The number of rotatable bonds is 5. The number of hydrogen-bond acceptors (Lipinski definition) is 4. The normalized spacial score (nSPS) is 14.2. The Labute approximate surface area is 163 Å². The number of para-hydroxylation sites is 1. The van der Waals surface area contributed by atoms with Gasteiger partial charge in [-0.2, -0.15) is 0 Å². The fourth-order valence-electron chi connectivity index (χ4n) is 3.45. The van der Waals surface area contributed by atoms with Crippen LogP contribution in [0.2, 0.25) is 0 Å². The van der Waals surface area contributed by atoms with Crippen LogP contribution in [0.5, 0.6) is 0 Å². The van der Waals surface area contributed by atoms with E-state index in [0.717, 1.165) is 48.6 Å². The lowest BCUT2D eigenvalue weighted by Gasteiger charge is -2.29. The van der Waals surface area contributed by atoms with Crippen molar-refractivity contribution in [3.8, 4) is 0 Å². The van der Waals surface area contributed by atoms with Crippen LogP contribution in [0.4, 0.5) is 11.4 Å². The van der Waals surface area contributed by atoms with Gasteiger partial charge in [0.15, 0.2) is 0 Å². The molecule has 0 atom stereocenters. The number of carbonyl (C=O) groups is 1. The highest BCUT2D eigenvalue weighted by Crippen LogP contribution is 2.21.